The molecule has 0 saturated carbocycles. The molecule has 5 nitrogen and oxygen atoms in total. The third-order valence-corrected chi connectivity index (χ3v) is 4.75. The van der Waals surface area contributed by atoms with Crippen molar-refractivity contribution in [2.75, 3.05) is 10.6 Å². The Hall–Kier alpha value is -3.73. The van der Waals surface area contributed by atoms with Crippen molar-refractivity contribution >= 4 is 34.0 Å². The number of para-hydroxylation sites is 1. The second kappa shape index (κ2) is 8.10. The van der Waals surface area contributed by atoms with Crippen molar-refractivity contribution < 1.29 is 4.79 Å². The molecule has 0 spiro atoms. The van der Waals surface area contributed by atoms with Crippen LogP contribution >= 0.6 is 0 Å². The second-order valence-corrected chi connectivity index (χ2v) is 7.17. The van der Waals surface area contributed by atoms with Gasteiger partial charge in [-0.05, 0) is 47.9 Å². The second-order valence-electron chi connectivity index (χ2n) is 7.17. The van der Waals surface area contributed by atoms with Gasteiger partial charge in [0, 0.05) is 29.0 Å². The maximum Gasteiger partial charge on any atom is 0.255 e. The first kappa shape index (κ1) is 18.6. The van der Waals surface area contributed by atoms with E-state index in [2.05, 4.69) is 34.4 Å². The number of hydrogen-bond acceptors (Lipinski definition) is 4. The lowest BCUT2D eigenvalue weighted by atomic mass is 10.0. The molecule has 4 aromatic rings. The minimum atomic E-state index is -0.177. The summed E-state index contributed by atoms with van der Waals surface area (Å²) in [7, 11) is 0. The van der Waals surface area contributed by atoms with Crippen LogP contribution in [-0.2, 0) is 0 Å². The molecule has 2 aromatic heterocycles. The largest absolute Gasteiger partial charge is 0.338 e. The number of pyridine rings is 2. The summed E-state index contributed by atoms with van der Waals surface area (Å²) in [6, 6.07) is 21.2. The number of nitrogens with one attached hydrogen (secondary N) is 2. The summed E-state index contributed by atoms with van der Waals surface area (Å²) in [5, 5.41) is 7.25. The van der Waals surface area contributed by atoms with Gasteiger partial charge < -0.3 is 10.6 Å². The van der Waals surface area contributed by atoms with Crippen LogP contribution in [0.1, 0.15) is 35.7 Å². The zero-order chi connectivity index (χ0) is 20.2. The molecule has 2 N–H and O–H groups in total. The molecule has 4 rings (SSSR count). The molecule has 0 atom stereocenters. The lowest BCUT2D eigenvalue weighted by molar-refractivity contribution is 0.102. The molecule has 0 aliphatic rings. The zero-order valence-corrected chi connectivity index (χ0v) is 16.4. The van der Waals surface area contributed by atoms with Crippen molar-refractivity contribution in [3.63, 3.8) is 0 Å². The van der Waals surface area contributed by atoms with Gasteiger partial charge in [0.15, 0.2) is 0 Å². The number of fused-ring (bicyclic) bond motifs is 1. The number of benzene rings is 2. The Kier molecular flexibility index (Phi) is 5.20. The molecule has 0 fully saturated rings. The van der Waals surface area contributed by atoms with E-state index in [1.807, 2.05) is 54.6 Å². The van der Waals surface area contributed by atoms with Gasteiger partial charge in [-0.25, -0.2) is 4.98 Å². The SMILES string of the molecule is CC(C)c1ccc(NC(=O)c2ccnc(Nc3cccc4cccnc34)c2)cc1. The number of nitrogens with zero attached hydrogens (tertiary/aromatic N) is 2. The van der Waals surface area contributed by atoms with Crippen LogP contribution in [0.5, 0.6) is 0 Å². The summed E-state index contributed by atoms with van der Waals surface area (Å²) in [5.41, 5.74) is 4.24. The summed E-state index contributed by atoms with van der Waals surface area (Å²) < 4.78 is 0. The van der Waals surface area contributed by atoms with Crippen molar-refractivity contribution in [2.24, 2.45) is 0 Å². The molecule has 144 valence electrons. The fraction of sp³-hybridized carbons (Fsp3) is 0.125. The summed E-state index contributed by atoms with van der Waals surface area (Å²) in [6.45, 7) is 4.29. The monoisotopic (exact) mass is 382 g/mol. The van der Waals surface area contributed by atoms with Gasteiger partial charge in [-0.3, -0.25) is 9.78 Å². The standard InChI is InChI=1S/C24H22N4O/c1-16(2)17-8-10-20(11-9-17)27-24(29)19-12-14-25-22(15-19)28-21-7-3-5-18-6-4-13-26-23(18)21/h3-16H,1-2H3,(H,25,28)(H,27,29). The van der Waals surface area contributed by atoms with E-state index in [9.17, 15) is 4.79 Å². The topological polar surface area (TPSA) is 66.9 Å². The molecular weight excluding hydrogens is 360 g/mol. The van der Waals surface area contributed by atoms with Crippen molar-refractivity contribution in [1.29, 1.82) is 0 Å². The maximum absolute atomic E-state index is 12.7. The molecule has 0 aliphatic carbocycles. The Bertz CT molecular complexity index is 1150. The minimum absolute atomic E-state index is 0.177. The van der Waals surface area contributed by atoms with Gasteiger partial charge in [0.1, 0.15) is 5.82 Å². The van der Waals surface area contributed by atoms with Gasteiger partial charge in [-0.2, -0.15) is 0 Å². The highest BCUT2D eigenvalue weighted by molar-refractivity contribution is 6.04. The van der Waals surface area contributed by atoms with Crippen LogP contribution in [0.15, 0.2) is 79.1 Å². The third-order valence-electron chi connectivity index (χ3n) is 4.75. The zero-order valence-electron chi connectivity index (χ0n) is 16.4. The van der Waals surface area contributed by atoms with Crippen LogP contribution < -0.4 is 10.6 Å². The molecule has 1 amide bonds. The normalized spacial score (nSPS) is 10.9. The van der Waals surface area contributed by atoms with Gasteiger partial charge in [0.25, 0.3) is 5.91 Å². The minimum Gasteiger partial charge on any atom is -0.338 e. The van der Waals surface area contributed by atoms with E-state index in [1.54, 1.807) is 24.5 Å². The van der Waals surface area contributed by atoms with Crippen LogP contribution in [-0.4, -0.2) is 15.9 Å². The highest BCUT2D eigenvalue weighted by atomic mass is 16.1. The Balaban J connectivity index is 1.53. The van der Waals surface area contributed by atoms with Crippen molar-refractivity contribution in [1.82, 2.24) is 9.97 Å². The van der Waals surface area contributed by atoms with E-state index in [0.717, 1.165) is 22.3 Å². The summed E-state index contributed by atoms with van der Waals surface area (Å²) >= 11 is 0. The first-order chi connectivity index (χ1) is 14.1. The first-order valence-corrected chi connectivity index (χ1v) is 9.58. The molecule has 2 aromatic carbocycles. The molecule has 0 saturated heterocycles. The van der Waals surface area contributed by atoms with Crippen LogP contribution in [0.3, 0.4) is 0 Å². The van der Waals surface area contributed by atoms with Crippen LogP contribution in [0.2, 0.25) is 0 Å². The number of rotatable bonds is 5. The predicted octanol–water partition coefficient (Wildman–Crippen LogP) is 5.75. The van der Waals surface area contributed by atoms with Crippen molar-refractivity contribution in [3.8, 4) is 0 Å². The number of hydrogen-bond donors (Lipinski definition) is 2. The number of amides is 1. The molecule has 29 heavy (non-hydrogen) atoms. The summed E-state index contributed by atoms with van der Waals surface area (Å²) in [6.07, 6.45) is 3.38. The average molecular weight is 382 g/mol. The number of aromatic nitrogens is 2. The van der Waals surface area contributed by atoms with Crippen LogP contribution in [0.25, 0.3) is 10.9 Å². The van der Waals surface area contributed by atoms with Gasteiger partial charge in [-0.1, -0.05) is 44.2 Å². The van der Waals surface area contributed by atoms with E-state index < -0.39 is 0 Å². The number of carbonyl (C=O) groups is 1. The highest BCUT2D eigenvalue weighted by Crippen LogP contribution is 2.24. The van der Waals surface area contributed by atoms with Gasteiger partial charge >= 0.3 is 0 Å². The van der Waals surface area contributed by atoms with E-state index >= 15 is 0 Å². The molecule has 0 unspecified atom stereocenters. The van der Waals surface area contributed by atoms with E-state index in [1.165, 1.54) is 5.56 Å². The maximum atomic E-state index is 12.7. The highest BCUT2D eigenvalue weighted by Gasteiger charge is 2.09. The Labute approximate surface area is 169 Å². The lowest BCUT2D eigenvalue weighted by Crippen LogP contribution is -2.12. The van der Waals surface area contributed by atoms with Crippen LogP contribution in [0.4, 0.5) is 17.2 Å². The van der Waals surface area contributed by atoms with E-state index in [0.29, 0.717) is 17.3 Å². The molecule has 2 heterocycles. The number of carbonyl (C=O) groups excluding carboxylic acids is 1. The molecule has 0 aliphatic heterocycles. The Morgan fingerprint density at radius 2 is 1.69 bits per heavy atom. The van der Waals surface area contributed by atoms with Gasteiger partial charge in [-0.15, -0.1) is 0 Å². The summed E-state index contributed by atoms with van der Waals surface area (Å²) in [4.78, 5) is 21.5. The van der Waals surface area contributed by atoms with Crippen LogP contribution in [0, 0.1) is 0 Å². The van der Waals surface area contributed by atoms with E-state index in [4.69, 9.17) is 0 Å². The van der Waals surface area contributed by atoms with Gasteiger partial charge in [0.05, 0.1) is 11.2 Å². The van der Waals surface area contributed by atoms with Crippen molar-refractivity contribution in [2.45, 2.75) is 19.8 Å². The lowest BCUT2D eigenvalue weighted by Gasteiger charge is -2.11. The molecule has 0 bridgehead atoms. The smallest absolute Gasteiger partial charge is 0.255 e. The molecule has 5 heteroatoms. The molecule has 0 radical (unpaired) electrons. The number of anilines is 3. The predicted molar refractivity (Wildman–Crippen MR) is 118 cm³/mol. The third kappa shape index (κ3) is 4.24. The Morgan fingerprint density at radius 1 is 0.897 bits per heavy atom. The van der Waals surface area contributed by atoms with E-state index in [-0.39, 0.29) is 5.91 Å². The van der Waals surface area contributed by atoms with Crippen molar-refractivity contribution in [3.05, 3.63) is 90.3 Å². The first-order valence-electron chi connectivity index (χ1n) is 9.58. The fourth-order valence-corrected chi connectivity index (χ4v) is 3.14. The quantitative estimate of drug-likeness (QED) is 0.461. The average Bonchev–Trinajstić information content (AvgIpc) is 2.74. The van der Waals surface area contributed by atoms with Gasteiger partial charge in [0.2, 0.25) is 0 Å². The summed E-state index contributed by atoms with van der Waals surface area (Å²) in [5.74, 6) is 0.867. The molecular formula is C24H22N4O. The fourth-order valence-electron chi connectivity index (χ4n) is 3.14. The Morgan fingerprint density at radius 3 is 2.48 bits per heavy atom.